The molecule has 0 saturated carbocycles. The van der Waals surface area contributed by atoms with Gasteiger partial charge >= 0.3 is 0 Å². The topological polar surface area (TPSA) is 63.4 Å². The maximum atomic E-state index is 11.3. The van der Waals surface area contributed by atoms with Gasteiger partial charge in [-0.05, 0) is 12.5 Å². The van der Waals surface area contributed by atoms with Gasteiger partial charge in [0.05, 0.1) is 5.70 Å². The maximum absolute atomic E-state index is 11.3. The average molecular weight is 198 g/mol. The van der Waals surface area contributed by atoms with Crippen LogP contribution in [-0.4, -0.2) is 34.3 Å². The summed E-state index contributed by atoms with van der Waals surface area (Å²) in [5, 5.41) is -0.0172. The number of nitrogens with two attached hydrogens (primary N) is 1. The lowest BCUT2D eigenvalue weighted by molar-refractivity contribution is -0.142. The number of thioether (sulfide) groups is 1. The van der Waals surface area contributed by atoms with E-state index in [1.165, 1.54) is 4.90 Å². The number of carbonyl (C=O) groups is 2. The van der Waals surface area contributed by atoms with E-state index in [0.29, 0.717) is 5.70 Å². The Balaban J connectivity index is 2.34. The number of β-lactam (4-membered cyclic amide) rings is 1. The van der Waals surface area contributed by atoms with Crippen LogP contribution in [0.4, 0.5) is 0 Å². The molecule has 2 aliphatic heterocycles. The third-order valence-corrected chi connectivity index (χ3v) is 3.81. The number of hydrogen-bond acceptors (Lipinski definition) is 4. The van der Waals surface area contributed by atoms with Crippen LogP contribution >= 0.6 is 11.8 Å². The first kappa shape index (κ1) is 8.77. The maximum Gasteiger partial charge on any atom is 0.248 e. The van der Waals surface area contributed by atoms with E-state index in [4.69, 9.17) is 5.73 Å². The minimum absolute atomic E-state index is 0.0172. The summed E-state index contributed by atoms with van der Waals surface area (Å²) in [7, 11) is 0. The predicted molar refractivity (Wildman–Crippen MR) is 49.8 cm³/mol. The van der Waals surface area contributed by atoms with Crippen molar-refractivity contribution in [1.82, 2.24) is 4.90 Å². The second-order valence-corrected chi connectivity index (χ2v) is 4.32. The molecule has 0 bridgehead atoms. The van der Waals surface area contributed by atoms with Gasteiger partial charge in [-0.1, -0.05) is 0 Å². The highest BCUT2D eigenvalue weighted by Gasteiger charge is 2.49. The molecular weight excluding hydrogens is 188 g/mol. The molecule has 1 amide bonds. The monoisotopic (exact) mass is 198 g/mol. The molecule has 4 nitrogen and oxygen atoms in total. The van der Waals surface area contributed by atoms with Crippen LogP contribution in [0.1, 0.15) is 6.92 Å². The Morgan fingerprint density at radius 3 is 3.00 bits per heavy atom. The first-order valence-corrected chi connectivity index (χ1v) is 5.07. The van der Waals surface area contributed by atoms with Crippen LogP contribution < -0.4 is 5.73 Å². The summed E-state index contributed by atoms with van der Waals surface area (Å²) < 4.78 is 0. The van der Waals surface area contributed by atoms with E-state index in [-0.39, 0.29) is 11.3 Å². The van der Waals surface area contributed by atoms with Crippen LogP contribution in [0.2, 0.25) is 0 Å². The van der Waals surface area contributed by atoms with Gasteiger partial charge in [-0.2, -0.15) is 0 Å². The smallest absolute Gasteiger partial charge is 0.248 e. The summed E-state index contributed by atoms with van der Waals surface area (Å²) in [5.74, 6) is 0.648. The highest BCUT2D eigenvalue weighted by atomic mass is 32.2. The van der Waals surface area contributed by atoms with Crippen molar-refractivity contribution in [2.75, 3.05) is 5.75 Å². The van der Waals surface area contributed by atoms with Gasteiger partial charge in [0.15, 0.2) is 6.29 Å². The number of fused-ring (bicyclic) bond motifs is 1. The highest BCUT2D eigenvalue weighted by molar-refractivity contribution is 8.00. The number of hydrogen-bond donors (Lipinski definition) is 1. The predicted octanol–water partition coefficient (Wildman–Crippen LogP) is -0.298. The third kappa shape index (κ3) is 1.04. The molecule has 1 saturated heterocycles. The Morgan fingerprint density at radius 2 is 2.38 bits per heavy atom. The zero-order valence-corrected chi connectivity index (χ0v) is 8.00. The number of nitrogens with zero attached hydrogens (tertiary/aromatic N) is 1. The Labute approximate surface area is 80.1 Å². The lowest BCUT2D eigenvalue weighted by Gasteiger charge is -2.47. The molecule has 0 aromatic carbocycles. The lowest BCUT2D eigenvalue weighted by Crippen LogP contribution is -2.67. The SMILES string of the molecule is CC1=C(C=O)N2C(=O)C(N)[C@H]2SC1. The van der Waals surface area contributed by atoms with Crippen molar-refractivity contribution >= 4 is 24.0 Å². The molecule has 0 aromatic heterocycles. The molecule has 2 atom stereocenters. The quantitative estimate of drug-likeness (QED) is 0.464. The molecule has 70 valence electrons. The van der Waals surface area contributed by atoms with Gasteiger partial charge in [-0.25, -0.2) is 0 Å². The van der Waals surface area contributed by atoms with Gasteiger partial charge < -0.3 is 5.73 Å². The number of rotatable bonds is 1. The molecular formula is C8H10N2O2S. The van der Waals surface area contributed by atoms with Crippen molar-refractivity contribution in [1.29, 1.82) is 0 Å². The number of aldehydes is 1. The molecule has 0 spiro atoms. The summed E-state index contributed by atoms with van der Waals surface area (Å²) in [6, 6.07) is -0.423. The Bertz CT molecular complexity index is 313. The summed E-state index contributed by atoms with van der Waals surface area (Å²) in [4.78, 5) is 23.5. The van der Waals surface area contributed by atoms with Gasteiger partial charge in [-0.15, -0.1) is 11.8 Å². The van der Waals surface area contributed by atoms with E-state index in [1.54, 1.807) is 11.8 Å². The number of amides is 1. The molecule has 5 heteroatoms. The molecule has 2 N–H and O–H groups in total. The van der Waals surface area contributed by atoms with Crippen molar-refractivity contribution in [3.05, 3.63) is 11.3 Å². The molecule has 0 radical (unpaired) electrons. The summed E-state index contributed by atoms with van der Waals surface area (Å²) in [6.45, 7) is 1.87. The van der Waals surface area contributed by atoms with Gasteiger partial charge in [0.2, 0.25) is 5.91 Å². The second-order valence-electron chi connectivity index (χ2n) is 3.22. The van der Waals surface area contributed by atoms with E-state index in [0.717, 1.165) is 17.6 Å². The van der Waals surface area contributed by atoms with Gasteiger partial charge in [0, 0.05) is 5.75 Å². The highest BCUT2D eigenvalue weighted by Crippen LogP contribution is 2.38. The van der Waals surface area contributed by atoms with Crippen LogP contribution in [0, 0.1) is 0 Å². The van der Waals surface area contributed by atoms with E-state index >= 15 is 0 Å². The normalized spacial score (nSPS) is 32.8. The average Bonchev–Trinajstić information content (AvgIpc) is 2.16. The van der Waals surface area contributed by atoms with Crippen LogP contribution in [0.5, 0.6) is 0 Å². The largest absolute Gasteiger partial charge is 0.317 e. The molecule has 2 rings (SSSR count). The molecule has 2 heterocycles. The van der Waals surface area contributed by atoms with Gasteiger partial charge in [0.25, 0.3) is 0 Å². The molecule has 1 unspecified atom stereocenters. The number of allylic oxidation sites excluding steroid dienone is 1. The van der Waals surface area contributed by atoms with E-state index < -0.39 is 6.04 Å². The first-order valence-electron chi connectivity index (χ1n) is 4.02. The van der Waals surface area contributed by atoms with E-state index in [2.05, 4.69) is 0 Å². The van der Waals surface area contributed by atoms with Crippen LogP contribution in [-0.2, 0) is 9.59 Å². The van der Waals surface area contributed by atoms with Crippen LogP contribution in [0.25, 0.3) is 0 Å². The molecule has 2 aliphatic rings. The van der Waals surface area contributed by atoms with Crippen molar-refractivity contribution in [3.63, 3.8) is 0 Å². The minimum atomic E-state index is -0.423. The summed E-state index contributed by atoms with van der Waals surface area (Å²) in [5.41, 5.74) is 7.05. The van der Waals surface area contributed by atoms with Crippen molar-refractivity contribution in [3.8, 4) is 0 Å². The van der Waals surface area contributed by atoms with Crippen molar-refractivity contribution in [2.45, 2.75) is 18.3 Å². The number of carbonyl (C=O) groups excluding carboxylic acids is 2. The third-order valence-electron chi connectivity index (χ3n) is 2.36. The molecule has 13 heavy (non-hydrogen) atoms. The van der Waals surface area contributed by atoms with Crippen molar-refractivity contribution < 1.29 is 9.59 Å². The van der Waals surface area contributed by atoms with E-state index in [1.807, 2.05) is 6.92 Å². The molecule has 0 aromatic rings. The lowest BCUT2D eigenvalue weighted by atomic mass is 10.1. The zero-order valence-electron chi connectivity index (χ0n) is 7.19. The standard InChI is InChI=1S/C8H10N2O2S/c1-4-3-13-8-6(9)7(12)10(8)5(4)2-11/h2,6,8H,3,9H2,1H3/t6?,8-/m1/s1. The second kappa shape index (κ2) is 2.85. The van der Waals surface area contributed by atoms with Crippen LogP contribution in [0.3, 0.4) is 0 Å². The van der Waals surface area contributed by atoms with Crippen molar-refractivity contribution in [2.24, 2.45) is 5.73 Å². The Morgan fingerprint density at radius 1 is 1.69 bits per heavy atom. The molecule has 1 fully saturated rings. The Hall–Kier alpha value is -0.810. The first-order chi connectivity index (χ1) is 6.16. The van der Waals surface area contributed by atoms with Gasteiger partial charge in [-0.3, -0.25) is 14.5 Å². The van der Waals surface area contributed by atoms with E-state index in [9.17, 15) is 9.59 Å². The molecule has 0 aliphatic carbocycles. The minimum Gasteiger partial charge on any atom is -0.317 e. The fourth-order valence-corrected chi connectivity index (χ4v) is 2.83. The van der Waals surface area contributed by atoms with Gasteiger partial charge in [0.1, 0.15) is 11.4 Å². The summed E-state index contributed by atoms with van der Waals surface area (Å²) in [6.07, 6.45) is 0.742. The fraction of sp³-hybridized carbons (Fsp3) is 0.500. The van der Waals surface area contributed by atoms with Crippen LogP contribution in [0.15, 0.2) is 11.3 Å². The summed E-state index contributed by atoms with van der Waals surface area (Å²) >= 11 is 1.62. The zero-order chi connectivity index (χ0) is 9.59. The fourth-order valence-electron chi connectivity index (χ4n) is 1.57. The Kier molecular flexibility index (Phi) is 1.92.